The van der Waals surface area contributed by atoms with Gasteiger partial charge < -0.3 is 9.64 Å². The van der Waals surface area contributed by atoms with E-state index in [0.29, 0.717) is 24.3 Å². The molecule has 1 unspecified atom stereocenters. The van der Waals surface area contributed by atoms with Crippen molar-refractivity contribution < 1.29 is 31.1 Å². The quantitative estimate of drug-likeness (QED) is 0.378. The molecule has 6 rings (SSSR count). The van der Waals surface area contributed by atoms with Crippen molar-refractivity contribution in [1.29, 1.82) is 0 Å². The summed E-state index contributed by atoms with van der Waals surface area (Å²) in [7, 11) is -4.21. The molecule has 9 nitrogen and oxygen atoms in total. The van der Waals surface area contributed by atoms with Crippen LogP contribution in [0.1, 0.15) is 61.5 Å². The summed E-state index contributed by atoms with van der Waals surface area (Å²) in [5.74, 6) is -0.392. The Labute approximate surface area is 267 Å². The minimum absolute atomic E-state index is 0.00677. The average molecular weight is 658 g/mol. The molecule has 46 heavy (non-hydrogen) atoms. The van der Waals surface area contributed by atoms with E-state index in [1.54, 1.807) is 11.0 Å². The number of carbonyl (C=O) groups is 1. The molecular weight excluding hydrogens is 619 g/mol. The van der Waals surface area contributed by atoms with Gasteiger partial charge in [-0.3, -0.25) is 9.69 Å². The number of anilines is 1. The normalized spacial score (nSPS) is 21.2. The van der Waals surface area contributed by atoms with Gasteiger partial charge >= 0.3 is 6.18 Å². The number of hydrogen-bond donors (Lipinski definition) is 1. The third-order valence-corrected chi connectivity index (χ3v) is 10.6. The number of carbonyl (C=O) groups excluding carboxylic acids is 1. The highest BCUT2D eigenvalue weighted by Gasteiger charge is 2.62. The van der Waals surface area contributed by atoms with Crippen LogP contribution >= 0.6 is 0 Å². The summed E-state index contributed by atoms with van der Waals surface area (Å²) in [4.78, 5) is 26.6. The molecule has 1 atom stereocenters. The highest BCUT2D eigenvalue weighted by Crippen LogP contribution is 2.60. The van der Waals surface area contributed by atoms with E-state index >= 15 is 0 Å². The maximum absolute atomic E-state index is 13.9. The molecule has 1 amide bonds. The van der Waals surface area contributed by atoms with Crippen molar-refractivity contribution in [2.24, 2.45) is 5.41 Å². The zero-order valence-corrected chi connectivity index (χ0v) is 27.1. The fourth-order valence-electron chi connectivity index (χ4n) is 6.35. The van der Waals surface area contributed by atoms with Gasteiger partial charge in [-0.25, -0.2) is 18.1 Å². The molecule has 4 bridgehead atoms. The summed E-state index contributed by atoms with van der Waals surface area (Å²) in [6.45, 7) is 9.05. The maximum Gasteiger partial charge on any atom is 0.394 e. The number of rotatable bonds is 4. The highest BCUT2D eigenvalue weighted by atomic mass is 32.2. The van der Waals surface area contributed by atoms with Crippen LogP contribution in [0.25, 0.3) is 11.3 Å². The molecule has 1 aromatic heterocycles. The van der Waals surface area contributed by atoms with Gasteiger partial charge in [0.1, 0.15) is 6.61 Å². The molecule has 13 heteroatoms. The van der Waals surface area contributed by atoms with E-state index in [4.69, 9.17) is 9.72 Å². The molecule has 1 aliphatic carbocycles. The summed E-state index contributed by atoms with van der Waals surface area (Å²) in [5, 5.41) is 0. The largest absolute Gasteiger partial charge is 0.475 e. The first-order valence-corrected chi connectivity index (χ1v) is 16.9. The number of fused-ring (bicyclic) bond motifs is 5. The lowest BCUT2D eigenvalue weighted by Crippen LogP contribution is -2.57. The first-order chi connectivity index (χ1) is 21.6. The Bertz CT molecular complexity index is 1770. The number of sulfonamides is 1. The smallest absolute Gasteiger partial charge is 0.394 e. The van der Waals surface area contributed by atoms with Gasteiger partial charge in [-0.2, -0.15) is 18.2 Å². The number of alkyl halides is 3. The predicted octanol–water partition coefficient (Wildman–Crippen LogP) is 5.80. The van der Waals surface area contributed by atoms with Crippen LogP contribution in [0.15, 0.2) is 53.4 Å². The van der Waals surface area contributed by atoms with Gasteiger partial charge in [0.2, 0.25) is 11.8 Å². The maximum atomic E-state index is 13.9. The Morgan fingerprint density at radius 1 is 1.04 bits per heavy atom. The van der Waals surface area contributed by atoms with Gasteiger partial charge in [-0.1, -0.05) is 51.1 Å². The van der Waals surface area contributed by atoms with Crippen LogP contribution in [0, 0.1) is 12.3 Å². The van der Waals surface area contributed by atoms with Crippen molar-refractivity contribution in [1.82, 2.24) is 19.8 Å². The zero-order valence-electron chi connectivity index (χ0n) is 26.3. The topological polar surface area (TPSA) is 105 Å². The number of aromatic nitrogens is 2. The number of benzene rings is 2. The van der Waals surface area contributed by atoms with Crippen LogP contribution in [-0.4, -0.2) is 79.1 Å². The second-order valence-electron chi connectivity index (χ2n) is 13.6. The third kappa shape index (κ3) is 6.18. The Kier molecular flexibility index (Phi) is 8.07. The van der Waals surface area contributed by atoms with Crippen molar-refractivity contribution in [3.05, 3.63) is 65.2 Å². The molecule has 2 aliphatic heterocycles. The van der Waals surface area contributed by atoms with Crippen LogP contribution in [0.4, 0.5) is 19.1 Å². The summed E-state index contributed by atoms with van der Waals surface area (Å²) < 4.78 is 77.1. The minimum atomic E-state index is -4.23. The van der Waals surface area contributed by atoms with Crippen molar-refractivity contribution in [3.63, 3.8) is 0 Å². The lowest BCUT2D eigenvalue weighted by atomic mass is 9.84. The lowest BCUT2D eigenvalue weighted by Gasteiger charge is -2.42. The summed E-state index contributed by atoms with van der Waals surface area (Å²) in [5.41, 5.74) is 0.886. The molecule has 1 N–H and O–H groups in total. The van der Waals surface area contributed by atoms with Crippen LogP contribution in [0.2, 0.25) is 0 Å². The van der Waals surface area contributed by atoms with Crippen molar-refractivity contribution in [2.45, 2.75) is 69.5 Å². The first kappa shape index (κ1) is 32.2. The second-order valence-corrected chi connectivity index (χ2v) is 15.2. The van der Waals surface area contributed by atoms with Gasteiger partial charge in [-0.05, 0) is 61.9 Å². The molecule has 2 aromatic carbocycles. The number of ether oxygens (including phenoxy) is 1. The highest BCUT2D eigenvalue weighted by molar-refractivity contribution is 7.92. The zero-order chi connectivity index (χ0) is 33.1. The second kappa shape index (κ2) is 11.5. The van der Waals surface area contributed by atoms with E-state index in [0.717, 1.165) is 11.1 Å². The van der Waals surface area contributed by atoms with Crippen molar-refractivity contribution in [3.8, 4) is 17.1 Å². The van der Waals surface area contributed by atoms with E-state index < -0.39 is 33.1 Å². The van der Waals surface area contributed by atoms with Gasteiger partial charge in [0, 0.05) is 36.3 Å². The predicted molar refractivity (Wildman–Crippen MR) is 167 cm³/mol. The van der Waals surface area contributed by atoms with Gasteiger partial charge in [0.25, 0.3) is 15.9 Å². The monoisotopic (exact) mass is 657 g/mol. The number of halogens is 3. The number of nitrogens with one attached hydrogen (secondary N) is 1. The van der Waals surface area contributed by atoms with Gasteiger partial charge in [-0.15, -0.1) is 0 Å². The number of amides is 1. The van der Waals surface area contributed by atoms with E-state index in [9.17, 15) is 26.4 Å². The molecule has 3 aliphatic rings. The molecule has 3 heterocycles. The molecule has 1 saturated carbocycles. The van der Waals surface area contributed by atoms with Crippen LogP contribution in [0.3, 0.4) is 0 Å². The average Bonchev–Trinajstić information content (AvgIpc) is 3.79. The molecule has 3 aromatic rings. The number of piperazine rings is 1. The Morgan fingerprint density at radius 3 is 2.46 bits per heavy atom. The fraction of sp³-hybridized carbons (Fsp3) is 0.485. The number of nitrogens with zero attached hydrogens (tertiary/aromatic N) is 4. The minimum Gasteiger partial charge on any atom is -0.475 e. The van der Waals surface area contributed by atoms with Crippen molar-refractivity contribution in [2.75, 3.05) is 37.5 Å². The molecule has 246 valence electrons. The van der Waals surface area contributed by atoms with E-state index in [-0.39, 0.29) is 67.2 Å². The third-order valence-electron chi connectivity index (χ3n) is 9.24. The van der Waals surface area contributed by atoms with Crippen LogP contribution in [0.5, 0.6) is 5.88 Å². The van der Waals surface area contributed by atoms with E-state index in [1.807, 2.05) is 56.9 Å². The molecule has 1 saturated heterocycles. The Morgan fingerprint density at radius 2 is 1.78 bits per heavy atom. The fourth-order valence-corrected chi connectivity index (χ4v) is 7.34. The lowest BCUT2D eigenvalue weighted by molar-refractivity contribution is -0.190. The SMILES string of the molecule is Cc1ccccc1-c1nc2nc(c1C(C)(C)C)OCC1CN(CCC3(C(F)(F)F)CC3)CCN1C(=O)c1cccc(c1)S(=O)(=O)N2. The summed E-state index contributed by atoms with van der Waals surface area (Å²) >= 11 is 0. The van der Waals surface area contributed by atoms with Crippen molar-refractivity contribution >= 4 is 21.9 Å². The number of hydrogen-bond acceptors (Lipinski definition) is 7. The van der Waals surface area contributed by atoms with Crippen LogP contribution in [-0.2, 0) is 15.4 Å². The first-order valence-electron chi connectivity index (χ1n) is 15.4. The summed E-state index contributed by atoms with van der Waals surface area (Å²) in [6.07, 6.45) is -3.94. The van der Waals surface area contributed by atoms with E-state index in [2.05, 4.69) is 9.71 Å². The van der Waals surface area contributed by atoms with Gasteiger partial charge in [0.15, 0.2) is 0 Å². The molecule has 2 fully saturated rings. The molecular formula is C33H38F3N5O4S. The summed E-state index contributed by atoms with van der Waals surface area (Å²) in [6, 6.07) is 12.8. The van der Waals surface area contributed by atoms with Gasteiger partial charge in [0.05, 0.1) is 22.0 Å². The number of aryl methyl sites for hydroxylation is 1. The van der Waals surface area contributed by atoms with Crippen LogP contribution < -0.4 is 9.46 Å². The molecule has 0 spiro atoms. The Balaban J connectivity index is 1.43. The Hall–Kier alpha value is -3.71. The van der Waals surface area contributed by atoms with E-state index in [1.165, 1.54) is 18.2 Å². The standard InChI is InChI=1S/C33H38F3N5O4S/c1-21-8-5-6-11-25(21)27-26(31(2,3)4)28-38-30(37-27)39-46(43,44)24-10-7-9-22(18-24)29(42)41-17-16-40(19-23(41)20-45-28)15-14-32(12-13-32)33(34,35)36/h5-11,18,23H,12-17,19-20H2,1-4H3,(H,37,38,39). The molecule has 0 radical (unpaired) electrons.